The molecule has 1 nitrogen and oxygen atoms in total. The van der Waals surface area contributed by atoms with Crippen LogP contribution in [0.2, 0.25) is 0 Å². The number of piperidine rings is 1. The summed E-state index contributed by atoms with van der Waals surface area (Å²) in [6.07, 6.45) is 3.47. The highest BCUT2D eigenvalue weighted by Crippen LogP contribution is 2.27. The first-order valence-corrected chi connectivity index (χ1v) is 5.27. The quantitative estimate of drug-likeness (QED) is 0.723. The number of hydrogen-bond donors (Lipinski definition) is 1. The van der Waals surface area contributed by atoms with E-state index in [-0.39, 0.29) is 11.9 Å². The molecule has 0 spiro atoms. The summed E-state index contributed by atoms with van der Waals surface area (Å²) in [6, 6.07) is 5.54. The van der Waals surface area contributed by atoms with E-state index in [1.807, 2.05) is 13.0 Å². The normalized spacial score (nSPS) is 22.3. The lowest BCUT2D eigenvalue weighted by Crippen LogP contribution is -2.28. The van der Waals surface area contributed by atoms with Crippen LogP contribution in [0.1, 0.15) is 36.4 Å². The fourth-order valence-corrected chi connectivity index (χ4v) is 2.18. The van der Waals surface area contributed by atoms with Gasteiger partial charge >= 0.3 is 0 Å². The van der Waals surface area contributed by atoms with E-state index >= 15 is 0 Å². The van der Waals surface area contributed by atoms with Crippen molar-refractivity contribution in [1.29, 1.82) is 0 Å². The Kier molecular flexibility index (Phi) is 2.82. The second-order valence-electron chi connectivity index (χ2n) is 3.97. The predicted molar refractivity (Wildman–Crippen MR) is 55.7 cm³/mol. The zero-order chi connectivity index (χ0) is 9.97. The first kappa shape index (κ1) is 9.66. The summed E-state index contributed by atoms with van der Waals surface area (Å²) in [4.78, 5) is 0. The highest BCUT2D eigenvalue weighted by atomic mass is 19.1. The van der Waals surface area contributed by atoms with Crippen molar-refractivity contribution >= 4 is 0 Å². The topological polar surface area (TPSA) is 12.0 Å². The largest absolute Gasteiger partial charge is 0.310 e. The minimum absolute atomic E-state index is 0.0654. The van der Waals surface area contributed by atoms with Gasteiger partial charge in [-0.15, -0.1) is 0 Å². The Morgan fingerprint density at radius 1 is 1.36 bits per heavy atom. The molecule has 14 heavy (non-hydrogen) atoms. The Balaban J connectivity index is 2.29. The third-order valence-electron chi connectivity index (χ3n) is 2.93. The van der Waals surface area contributed by atoms with Gasteiger partial charge in [0.2, 0.25) is 0 Å². The van der Waals surface area contributed by atoms with Gasteiger partial charge in [-0.2, -0.15) is 0 Å². The lowest BCUT2D eigenvalue weighted by Gasteiger charge is -2.25. The molecule has 2 rings (SSSR count). The fourth-order valence-electron chi connectivity index (χ4n) is 2.18. The van der Waals surface area contributed by atoms with Gasteiger partial charge in [0.05, 0.1) is 0 Å². The van der Waals surface area contributed by atoms with E-state index in [1.165, 1.54) is 12.8 Å². The average molecular weight is 193 g/mol. The van der Waals surface area contributed by atoms with Crippen molar-refractivity contribution in [2.45, 2.75) is 32.2 Å². The zero-order valence-electron chi connectivity index (χ0n) is 8.52. The minimum Gasteiger partial charge on any atom is -0.310 e. The van der Waals surface area contributed by atoms with Crippen LogP contribution < -0.4 is 5.32 Å². The van der Waals surface area contributed by atoms with E-state index in [0.717, 1.165) is 24.1 Å². The zero-order valence-corrected chi connectivity index (χ0v) is 8.52. The number of aryl methyl sites for hydroxylation is 1. The molecule has 0 saturated carbocycles. The first-order valence-electron chi connectivity index (χ1n) is 5.27. The predicted octanol–water partition coefficient (Wildman–Crippen LogP) is 2.95. The maximum absolute atomic E-state index is 13.6. The maximum Gasteiger partial charge on any atom is 0.128 e. The molecule has 0 unspecified atom stereocenters. The molecule has 76 valence electrons. The Morgan fingerprint density at radius 3 is 2.86 bits per heavy atom. The maximum atomic E-state index is 13.6. The molecule has 1 N–H and O–H groups in total. The molecule has 1 aliphatic heterocycles. The van der Waals surface area contributed by atoms with Crippen molar-refractivity contribution < 1.29 is 4.39 Å². The highest BCUT2D eigenvalue weighted by Gasteiger charge is 2.19. The molecule has 1 aromatic rings. The van der Waals surface area contributed by atoms with E-state index in [4.69, 9.17) is 0 Å². The monoisotopic (exact) mass is 193 g/mol. The molecule has 0 amide bonds. The summed E-state index contributed by atoms with van der Waals surface area (Å²) in [5.74, 6) is -0.0654. The smallest absolute Gasteiger partial charge is 0.128 e. The summed E-state index contributed by atoms with van der Waals surface area (Å²) in [7, 11) is 0. The van der Waals surface area contributed by atoms with Crippen LogP contribution in [0.25, 0.3) is 0 Å². The number of hydrogen-bond acceptors (Lipinski definition) is 1. The summed E-state index contributed by atoms with van der Waals surface area (Å²) >= 11 is 0. The Bertz CT molecular complexity index is 296. The molecular formula is C12H16FN. The van der Waals surface area contributed by atoms with Crippen molar-refractivity contribution in [1.82, 2.24) is 5.32 Å². The van der Waals surface area contributed by atoms with E-state index in [1.54, 1.807) is 12.1 Å². The molecule has 1 aromatic carbocycles. The molecule has 0 radical (unpaired) electrons. The molecule has 1 aliphatic rings. The average Bonchev–Trinajstić information content (AvgIpc) is 2.19. The van der Waals surface area contributed by atoms with Crippen LogP contribution in [0, 0.1) is 12.7 Å². The Labute approximate surface area is 84.3 Å². The van der Waals surface area contributed by atoms with Crippen LogP contribution in [-0.4, -0.2) is 6.54 Å². The fraction of sp³-hybridized carbons (Fsp3) is 0.500. The van der Waals surface area contributed by atoms with Crippen LogP contribution in [0.4, 0.5) is 4.39 Å². The van der Waals surface area contributed by atoms with Crippen LogP contribution in [-0.2, 0) is 0 Å². The standard InChI is InChI=1S/C12H16FN/c1-9-5-4-6-10(13)12(9)11-7-2-3-8-14-11/h4-6,11,14H,2-3,7-8H2,1H3/t11-/m0/s1. The van der Waals surface area contributed by atoms with Crippen molar-refractivity contribution in [3.63, 3.8) is 0 Å². The van der Waals surface area contributed by atoms with Gasteiger partial charge in [0.1, 0.15) is 5.82 Å². The molecule has 2 heteroatoms. The van der Waals surface area contributed by atoms with Crippen LogP contribution >= 0.6 is 0 Å². The molecule has 0 aliphatic carbocycles. The number of halogens is 1. The summed E-state index contributed by atoms with van der Waals surface area (Å²) < 4.78 is 13.6. The van der Waals surface area contributed by atoms with Gasteiger partial charge in [-0.25, -0.2) is 4.39 Å². The van der Waals surface area contributed by atoms with Gasteiger partial charge in [-0.3, -0.25) is 0 Å². The molecule has 1 saturated heterocycles. The Morgan fingerprint density at radius 2 is 2.21 bits per heavy atom. The molecule has 1 atom stereocenters. The van der Waals surface area contributed by atoms with Gasteiger partial charge in [0.25, 0.3) is 0 Å². The van der Waals surface area contributed by atoms with Gasteiger partial charge in [0.15, 0.2) is 0 Å². The third-order valence-corrected chi connectivity index (χ3v) is 2.93. The molecule has 0 bridgehead atoms. The van der Waals surface area contributed by atoms with Crippen molar-refractivity contribution in [2.75, 3.05) is 6.54 Å². The van der Waals surface area contributed by atoms with Crippen LogP contribution in [0.3, 0.4) is 0 Å². The number of nitrogens with one attached hydrogen (secondary N) is 1. The van der Waals surface area contributed by atoms with Gasteiger partial charge in [-0.1, -0.05) is 18.6 Å². The van der Waals surface area contributed by atoms with Gasteiger partial charge < -0.3 is 5.32 Å². The van der Waals surface area contributed by atoms with E-state index < -0.39 is 0 Å². The SMILES string of the molecule is Cc1cccc(F)c1[C@@H]1CCCCN1. The second-order valence-corrected chi connectivity index (χ2v) is 3.97. The van der Waals surface area contributed by atoms with E-state index in [0.29, 0.717) is 0 Å². The van der Waals surface area contributed by atoms with E-state index in [2.05, 4.69) is 5.32 Å². The number of rotatable bonds is 1. The summed E-state index contributed by atoms with van der Waals surface area (Å²) in [6.45, 7) is 2.99. The molecule has 1 fully saturated rings. The molecule has 1 heterocycles. The second kappa shape index (κ2) is 4.09. The Hall–Kier alpha value is -0.890. The number of benzene rings is 1. The molecule has 0 aromatic heterocycles. The minimum atomic E-state index is -0.0654. The van der Waals surface area contributed by atoms with Crippen molar-refractivity contribution in [2.24, 2.45) is 0 Å². The van der Waals surface area contributed by atoms with Crippen LogP contribution in [0.5, 0.6) is 0 Å². The summed E-state index contributed by atoms with van der Waals surface area (Å²) in [5, 5.41) is 3.38. The molecular weight excluding hydrogens is 177 g/mol. The van der Waals surface area contributed by atoms with Crippen molar-refractivity contribution in [3.8, 4) is 0 Å². The first-order chi connectivity index (χ1) is 6.79. The van der Waals surface area contributed by atoms with Gasteiger partial charge in [-0.05, 0) is 37.9 Å². The van der Waals surface area contributed by atoms with Crippen molar-refractivity contribution in [3.05, 3.63) is 35.1 Å². The lowest BCUT2D eigenvalue weighted by atomic mass is 9.94. The lowest BCUT2D eigenvalue weighted by molar-refractivity contribution is 0.398. The third kappa shape index (κ3) is 1.80. The van der Waals surface area contributed by atoms with E-state index in [9.17, 15) is 4.39 Å². The van der Waals surface area contributed by atoms with Crippen LogP contribution in [0.15, 0.2) is 18.2 Å². The van der Waals surface area contributed by atoms with Gasteiger partial charge in [0, 0.05) is 11.6 Å². The summed E-state index contributed by atoms with van der Waals surface area (Å²) in [5.41, 5.74) is 1.93. The highest BCUT2D eigenvalue weighted by molar-refractivity contribution is 5.30.